The monoisotopic (exact) mass is 358 g/mol. The minimum atomic E-state index is -0.218. The lowest BCUT2D eigenvalue weighted by atomic mass is 9.93. The van der Waals surface area contributed by atoms with Crippen molar-refractivity contribution in [1.29, 1.82) is 0 Å². The van der Waals surface area contributed by atoms with E-state index in [9.17, 15) is 9.59 Å². The Hall–Kier alpha value is -1.72. The molecule has 112 valence electrons. The summed E-state index contributed by atoms with van der Waals surface area (Å²) in [6, 6.07) is 10.3. The molecule has 4 rings (SSSR count). The Balaban J connectivity index is 1.72. The van der Waals surface area contributed by atoms with Gasteiger partial charge in [0.05, 0.1) is 6.04 Å². The van der Waals surface area contributed by atoms with Crippen LogP contribution >= 0.6 is 15.9 Å². The van der Waals surface area contributed by atoms with Crippen LogP contribution < -0.4 is 5.32 Å². The number of hydrogen-bond donors (Lipinski definition) is 1. The summed E-state index contributed by atoms with van der Waals surface area (Å²) in [6.45, 7) is 1.49. The fourth-order valence-corrected chi connectivity index (χ4v) is 4.00. The molecule has 0 spiro atoms. The number of hydrogen-bond acceptors (Lipinski definition) is 3. The summed E-state index contributed by atoms with van der Waals surface area (Å²) in [5.41, 5.74) is 2.48. The molecule has 2 aliphatic rings. The number of piperidine rings is 1. The normalized spacial score (nSPS) is 22.0. The Morgan fingerprint density at radius 3 is 2.64 bits per heavy atom. The van der Waals surface area contributed by atoms with E-state index in [0.717, 1.165) is 17.6 Å². The van der Waals surface area contributed by atoms with E-state index in [1.54, 1.807) is 0 Å². The third kappa shape index (κ3) is 2.16. The van der Waals surface area contributed by atoms with E-state index in [2.05, 4.69) is 56.5 Å². The molecule has 22 heavy (non-hydrogen) atoms. The van der Waals surface area contributed by atoms with Gasteiger partial charge in [0.25, 0.3) is 0 Å². The number of amides is 2. The first-order valence-corrected chi connectivity index (χ1v) is 8.19. The highest BCUT2D eigenvalue weighted by molar-refractivity contribution is 9.10. The fraction of sp³-hybridized carbons (Fsp3) is 0.294. The van der Waals surface area contributed by atoms with Crippen molar-refractivity contribution in [2.24, 2.45) is 0 Å². The van der Waals surface area contributed by atoms with Crippen molar-refractivity contribution in [2.75, 3.05) is 0 Å². The summed E-state index contributed by atoms with van der Waals surface area (Å²) in [5.74, 6) is -0.325. The molecular formula is C17H15BrN2O2. The van der Waals surface area contributed by atoms with Crippen LogP contribution in [0, 0.1) is 0 Å². The van der Waals surface area contributed by atoms with Crippen molar-refractivity contribution in [2.45, 2.75) is 32.0 Å². The third-order valence-electron chi connectivity index (χ3n) is 4.56. The van der Waals surface area contributed by atoms with E-state index >= 15 is 0 Å². The lowest BCUT2D eigenvalue weighted by Crippen LogP contribution is -2.52. The number of benzene rings is 2. The Labute approximate surface area is 136 Å². The molecule has 1 atom stereocenters. The zero-order valence-electron chi connectivity index (χ0n) is 11.9. The summed E-state index contributed by atoms with van der Waals surface area (Å²) in [7, 11) is 0. The lowest BCUT2D eigenvalue weighted by Gasteiger charge is -2.36. The van der Waals surface area contributed by atoms with E-state index in [-0.39, 0.29) is 17.9 Å². The Morgan fingerprint density at radius 1 is 1.09 bits per heavy atom. The number of nitrogens with one attached hydrogen (secondary N) is 1. The Bertz CT molecular complexity index is 790. The summed E-state index contributed by atoms with van der Waals surface area (Å²) in [4.78, 5) is 25.6. The van der Waals surface area contributed by atoms with Crippen molar-refractivity contribution >= 4 is 38.5 Å². The van der Waals surface area contributed by atoms with Gasteiger partial charge in [-0.25, -0.2) is 0 Å². The van der Waals surface area contributed by atoms with Crippen molar-refractivity contribution in [3.8, 4) is 0 Å². The number of carbonyl (C=O) groups excluding carboxylic acids is 2. The van der Waals surface area contributed by atoms with E-state index in [1.165, 1.54) is 21.9 Å². The molecular weight excluding hydrogens is 344 g/mol. The quantitative estimate of drug-likeness (QED) is 0.797. The largest absolute Gasteiger partial charge is 0.295 e. The van der Waals surface area contributed by atoms with Gasteiger partial charge in [-0.3, -0.25) is 19.8 Å². The topological polar surface area (TPSA) is 49.4 Å². The van der Waals surface area contributed by atoms with Crippen LogP contribution in [0.2, 0.25) is 0 Å². The zero-order chi connectivity index (χ0) is 15.3. The average molecular weight is 359 g/mol. The van der Waals surface area contributed by atoms with Gasteiger partial charge in [0.15, 0.2) is 0 Å². The predicted octanol–water partition coefficient (Wildman–Crippen LogP) is 2.72. The van der Waals surface area contributed by atoms with Crippen LogP contribution in [0.3, 0.4) is 0 Å². The first-order chi connectivity index (χ1) is 10.6. The van der Waals surface area contributed by atoms with Crippen LogP contribution in [-0.2, 0) is 22.7 Å². The maximum atomic E-state index is 12.1. The second-order valence-corrected chi connectivity index (χ2v) is 6.77. The van der Waals surface area contributed by atoms with Gasteiger partial charge in [-0.1, -0.05) is 40.2 Å². The summed E-state index contributed by atoms with van der Waals surface area (Å²) in [5, 5.41) is 4.97. The van der Waals surface area contributed by atoms with Crippen LogP contribution in [0.1, 0.15) is 24.0 Å². The van der Waals surface area contributed by atoms with Crippen molar-refractivity contribution in [3.05, 3.63) is 45.9 Å². The maximum absolute atomic E-state index is 12.1. The average Bonchev–Trinajstić information content (AvgIpc) is 2.50. The highest BCUT2D eigenvalue weighted by atomic mass is 79.9. The minimum Gasteiger partial charge on any atom is -0.295 e. The number of imide groups is 1. The van der Waals surface area contributed by atoms with Gasteiger partial charge >= 0.3 is 0 Å². The molecule has 0 bridgehead atoms. The highest BCUT2D eigenvalue weighted by Gasteiger charge is 2.33. The van der Waals surface area contributed by atoms with Gasteiger partial charge in [-0.05, 0) is 34.4 Å². The Morgan fingerprint density at radius 2 is 1.86 bits per heavy atom. The van der Waals surface area contributed by atoms with Crippen LogP contribution in [0.15, 0.2) is 34.8 Å². The number of halogens is 1. The standard InChI is InChI=1S/C17H15BrN2O2/c18-13-5-4-11-9-20(14-6-7-15(21)19-17(14)22)8-10-2-1-3-12(13)16(10)11/h1-5,14H,6-9H2,(H,19,21,22). The van der Waals surface area contributed by atoms with Crippen LogP contribution in [0.25, 0.3) is 10.8 Å². The summed E-state index contributed by atoms with van der Waals surface area (Å²) in [6.07, 6.45) is 1.02. The van der Waals surface area contributed by atoms with Crippen LogP contribution in [0.5, 0.6) is 0 Å². The molecule has 2 heterocycles. The van der Waals surface area contributed by atoms with Gasteiger partial charge in [0.1, 0.15) is 0 Å². The second-order valence-electron chi connectivity index (χ2n) is 5.92. The first-order valence-electron chi connectivity index (χ1n) is 7.40. The maximum Gasteiger partial charge on any atom is 0.243 e. The predicted molar refractivity (Wildman–Crippen MR) is 87.1 cm³/mol. The fourth-order valence-electron chi connectivity index (χ4n) is 3.53. The van der Waals surface area contributed by atoms with E-state index in [1.807, 2.05) is 0 Å². The van der Waals surface area contributed by atoms with Crippen LogP contribution in [0.4, 0.5) is 0 Å². The molecule has 1 fully saturated rings. The number of nitrogens with zero attached hydrogens (tertiary/aromatic N) is 1. The lowest BCUT2D eigenvalue weighted by molar-refractivity contribution is -0.138. The zero-order valence-corrected chi connectivity index (χ0v) is 13.5. The molecule has 0 radical (unpaired) electrons. The smallest absolute Gasteiger partial charge is 0.243 e. The van der Waals surface area contributed by atoms with Gasteiger partial charge in [0, 0.05) is 24.0 Å². The molecule has 2 aromatic rings. The van der Waals surface area contributed by atoms with E-state index in [0.29, 0.717) is 12.8 Å². The molecule has 1 unspecified atom stereocenters. The van der Waals surface area contributed by atoms with Crippen LogP contribution in [-0.4, -0.2) is 22.8 Å². The number of carbonyl (C=O) groups is 2. The molecule has 5 heteroatoms. The van der Waals surface area contributed by atoms with Crippen molar-refractivity contribution in [3.63, 3.8) is 0 Å². The molecule has 1 saturated heterocycles. The van der Waals surface area contributed by atoms with E-state index in [4.69, 9.17) is 0 Å². The second kappa shape index (κ2) is 5.18. The summed E-state index contributed by atoms with van der Waals surface area (Å²) < 4.78 is 1.10. The minimum absolute atomic E-state index is 0.162. The molecule has 0 aromatic heterocycles. The van der Waals surface area contributed by atoms with E-state index < -0.39 is 0 Å². The molecule has 2 aromatic carbocycles. The molecule has 2 aliphatic heterocycles. The summed E-state index contributed by atoms with van der Waals surface area (Å²) >= 11 is 3.61. The highest BCUT2D eigenvalue weighted by Crippen LogP contribution is 2.35. The van der Waals surface area contributed by atoms with Crippen molar-refractivity contribution in [1.82, 2.24) is 10.2 Å². The SMILES string of the molecule is O=C1CCC(N2Cc3cccc4c(Br)ccc(c34)C2)C(=O)N1. The Kier molecular flexibility index (Phi) is 3.27. The molecule has 4 nitrogen and oxygen atoms in total. The number of rotatable bonds is 1. The first kappa shape index (κ1) is 13.9. The molecule has 0 saturated carbocycles. The van der Waals surface area contributed by atoms with Crippen molar-refractivity contribution < 1.29 is 9.59 Å². The van der Waals surface area contributed by atoms with Gasteiger partial charge in [-0.15, -0.1) is 0 Å². The van der Waals surface area contributed by atoms with Gasteiger partial charge in [-0.2, -0.15) is 0 Å². The molecule has 0 aliphatic carbocycles. The van der Waals surface area contributed by atoms with Gasteiger partial charge in [0.2, 0.25) is 11.8 Å². The van der Waals surface area contributed by atoms with Gasteiger partial charge < -0.3 is 0 Å². The molecule has 1 N–H and O–H groups in total. The third-order valence-corrected chi connectivity index (χ3v) is 5.25. The molecule has 2 amide bonds.